The number of fused-ring (bicyclic) bond motifs is 1. The fraction of sp³-hybridized carbons (Fsp3) is 0.333. The van der Waals surface area contributed by atoms with Gasteiger partial charge in [-0.25, -0.2) is 9.78 Å². The van der Waals surface area contributed by atoms with Crippen LogP contribution in [0.4, 0.5) is 0 Å². The molecule has 1 atom stereocenters. The Morgan fingerprint density at radius 1 is 1.59 bits per heavy atom. The van der Waals surface area contributed by atoms with Gasteiger partial charge in [0, 0.05) is 7.05 Å². The lowest BCUT2D eigenvalue weighted by Crippen LogP contribution is -2.23. The first-order valence-electron chi connectivity index (χ1n) is 5.46. The Hall–Kier alpha value is -1.88. The van der Waals surface area contributed by atoms with Crippen molar-refractivity contribution in [3.63, 3.8) is 0 Å². The van der Waals surface area contributed by atoms with Gasteiger partial charge in [-0.3, -0.25) is 0 Å². The van der Waals surface area contributed by atoms with E-state index < -0.39 is 12.0 Å². The Labute approximate surface area is 99.2 Å². The van der Waals surface area contributed by atoms with E-state index in [0.717, 1.165) is 16.6 Å². The van der Waals surface area contributed by atoms with E-state index in [2.05, 4.69) is 4.98 Å². The number of nitrogens with two attached hydrogens (primary N) is 1. The van der Waals surface area contributed by atoms with Crippen LogP contribution in [0.2, 0.25) is 0 Å². The zero-order chi connectivity index (χ0) is 12.4. The number of hydrogen-bond donors (Lipinski definition) is 1. The van der Waals surface area contributed by atoms with Crippen molar-refractivity contribution in [2.24, 2.45) is 12.8 Å². The Kier molecular flexibility index (Phi) is 3.10. The molecule has 0 radical (unpaired) electrons. The molecular weight excluding hydrogens is 218 g/mol. The molecule has 5 nitrogen and oxygen atoms in total. The number of benzene rings is 1. The van der Waals surface area contributed by atoms with Crippen LogP contribution in [0.25, 0.3) is 11.0 Å². The number of carbonyl (C=O) groups excluding carboxylic acids is 1. The van der Waals surface area contributed by atoms with Crippen molar-refractivity contribution < 1.29 is 9.53 Å². The number of hydrogen-bond acceptors (Lipinski definition) is 4. The minimum absolute atomic E-state index is 0.332. The van der Waals surface area contributed by atoms with Gasteiger partial charge in [-0.1, -0.05) is 6.07 Å². The van der Waals surface area contributed by atoms with Gasteiger partial charge >= 0.3 is 5.97 Å². The van der Waals surface area contributed by atoms with Crippen LogP contribution in [0, 0.1) is 0 Å². The van der Waals surface area contributed by atoms with Gasteiger partial charge in [0.05, 0.1) is 24.0 Å². The summed E-state index contributed by atoms with van der Waals surface area (Å²) >= 11 is 0. The third-order valence-electron chi connectivity index (χ3n) is 2.65. The molecule has 0 spiro atoms. The van der Waals surface area contributed by atoms with Gasteiger partial charge in [-0.05, 0) is 24.6 Å². The second kappa shape index (κ2) is 4.55. The molecule has 0 bridgehead atoms. The smallest absolute Gasteiger partial charge is 0.327 e. The van der Waals surface area contributed by atoms with E-state index in [0.29, 0.717) is 6.61 Å². The van der Waals surface area contributed by atoms with E-state index in [1.807, 2.05) is 29.8 Å². The van der Waals surface area contributed by atoms with Crippen molar-refractivity contribution in [1.29, 1.82) is 0 Å². The second-order valence-electron chi connectivity index (χ2n) is 3.83. The van der Waals surface area contributed by atoms with Crippen molar-refractivity contribution in [1.82, 2.24) is 9.55 Å². The maximum atomic E-state index is 11.5. The van der Waals surface area contributed by atoms with Gasteiger partial charge in [0.2, 0.25) is 0 Å². The highest BCUT2D eigenvalue weighted by molar-refractivity contribution is 5.81. The fourth-order valence-electron chi connectivity index (χ4n) is 1.71. The van der Waals surface area contributed by atoms with Gasteiger partial charge in [0.15, 0.2) is 0 Å². The molecule has 2 rings (SSSR count). The molecule has 0 aliphatic carbocycles. The monoisotopic (exact) mass is 233 g/mol. The van der Waals surface area contributed by atoms with E-state index in [9.17, 15) is 4.79 Å². The van der Waals surface area contributed by atoms with E-state index >= 15 is 0 Å². The standard InChI is InChI=1S/C12H15N3O2/c1-3-17-12(16)11(13)8-4-5-10-9(6-8)14-7-15(10)2/h4-7,11H,3,13H2,1-2H3. The lowest BCUT2D eigenvalue weighted by atomic mass is 10.1. The summed E-state index contributed by atoms with van der Waals surface area (Å²) < 4.78 is 6.80. The highest BCUT2D eigenvalue weighted by Gasteiger charge is 2.17. The summed E-state index contributed by atoms with van der Waals surface area (Å²) in [5.41, 5.74) is 8.36. The Morgan fingerprint density at radius 2 is 2.35 bits per heavy atom. The normalized spacial score (nSPS) is 12.6. The number of imidazole rings is 1. The summed E-state index contributed by atoms with van der Waals surface area (Å²) in [6.07, 6.45) is 1.73. The molecule has 17 heavy (non-hydrogen) atoms. The number of aromatic nitrogens is 2. The molecule has 2 aromatic rings. The van der Waals surface area contributed by atoms with Crippen molar-refractivity contribution in [3.8, 4) is 0 Å². The number of carbonyl (C=O) groups is 1. The van der Waals surface area contributed by atoms with Crippen molar-refractivity contribution in [3.05, 3.63) is 30.1 Å². The molecule has 0 fully saturated rings. The molecule has 1 unspecified atom stereocenters. The summed E-state index contributed by atoms with van der Waals surface area (Å²) in [4.78, 5) is 15.7. The van der Waals surface area contributed by atoms with E-state index in [1.54, 1.807) is 13.3 Å². The van der Waals surface area contributed by atoms with Crippen molar-refractivity contribution in [2.45, 2.75) is 13.0 Å². The lowest BCUT2D eigenvalue weighted by molar-refractivity contribution is -0.144. The highest BCUT2D eigenvalue weighted by atomic mass is 16.5. The number of rotatable bonds is 3. The quantitative estimate of drug-likeness (QED) is 0.807. The predicted octanol–water partition coefficient (Wildman–Crippen LogP) is 1.14. The van der Waals surface area contributed by atoms with Crippen LogP contribution in [0.5, 0.6) is 0 Å². The van der Waals surface area contributed by atoms with Gasteiger partial charge in [-0.2, -0.15) is 0 Å². The summed E-state index contributed by atoms with van der Waals surface area (Å²) in [6.45, 7) is 2.09. The largest absolute Gasteiger partial charge is 0.465 e. The highest BCUT2D eigenvalue weighted by Crippen LogP contribution is 2.18. The van der Waals surface area contributed by atoms with Gasteiger partial charge in [0.25, 0.3) is 0 Å². The zero-order valence-electron chi connectivity index (χ0n) is 9.88. The first kappa shape index (κ1) is 11.6. The van der Waals surface area contributed by atoms with Crippen LogP contribution >= 0.6 is 0 Å². The molecule has 1 aromatic heterocycles. The van der Waals surface area contributed by atoms with Crippen LogP contribution in [0.3, 0.4) is 0 Å². The number of esters is 1. The third-order valence-corrected chi connectivity index (χ3v) is 2.65. The van der Waals surface area contributed by atoms with Crippen LogP contribution < -0.4 is 5.73 Å². The first-order chi connectivity index (χ1) is 8.13. The van der Waals surface area contributed by atoms with Crippen molar-refractivity contribution in [2.75, 3.05) is 6.61 Å². The molecule has 0 aliphatic rings. The Balaban J connectivity index is 2.33. The van der Waals surface area contributed by atoms with Crippen LogP contribution in [0.1, 0.15) is 18.5 Å². The van der Waals surface area contributed by atoms with E-state index in [4.69, 9.17) is 10.5 Å². The summed E-state index contributed by atoms with van der Waals surface area (Å²) in [5.74, 6) is -0.414. The number of ether oxygens (including phenoxy) is 1. The summed E-state index contributed by atoms with van der Waals surface area (Å²) in [7, 11) is 1.92. The molecule has 0 saturated carbocycles. The van der Waals surface area contributed by atoms with Crippen LogP contribution in [0.15, 0.2) is 24.5 Å². The minimum atomic E-state index is -0.749. The van der Waals surface area contributed by atoms with Crippen LogP contribution in [-0.2, 0) is 16.6 Å². The fourth-order valence-corrected chi connectivity index (χ4v) is 1.71. The van der Waals surface area contributed by atoms with E-state index in [1.165, 1.54) is 0 Å². The molecule has 2 N–H and O–H groups in total. The number of aryl methyl sites for hydroxylation is 1. The molecule has 5 heteroatoms. The topological polar surface area (TPSA) is 70.1 Å². The summed E-state index contributed by atoms with van der Waals surface area (Å²) in [5, 5.41) is 0. The average Bonchev–Trinajstić information content (AvgIpc) is 2.70. The second-order valence-corrected chi connectivity index (χ2v) is 3.83. The van der Waals surface area contributed by atoms with Crippen molar-refractivity contribution >= 4 is 17.0 Å². The first-order valence-corrected chi connectivity index (χ1v) is 5.46. The minimum Gasteiger partial charge on any atom is -0.465 e. The van der Waals surface area contributed by atoms with E-state index in [-0.39, 0.29) is 0 Å². The molecule has 90 valence electrons. The average molecular weight is 233 g/mol. The molecule has 1 aromatic carbocycles. The lowest BCUT2D eigenvalue weighted by Gasteiger charge is -2.10. The molecular formula is C12H15N3O2. The molecule has 0 amide bonds. The molecule has 0 aliphatic heterocycles. The van der Waals surface area contributed by atoms with Gasteiger partial charge in [0.1, 0.15) is 6.04 Å². The Bertz CT molecular complexity index is 548. The SMILES string of the molecule is CCOC(=O)C(N)c1ccc2c(c1)ncn2C. The molecule has 0 saturated heterocycles. The summed E-state index contributed by atoms with van der Waals surface area (Å²) in [6, 6.07) is 4.79. The zero-order valence-corrected chi connectivity index (χ0v) is 9.88. The van der Waals surface area contributed by atoms with Crippen LogP contribution in [-0.4, -0.2) is 22.1 Å². The maximum Gasteiger partial charge on any atom is 0.327 e. The maximum absolute atomic E-state index is 11.5. The predicted molar refractivity (Wildman–Crippen MR) is 64.3 cm³/mol. The van der Waals surface area contributed by atoms with Gasteiger partial charge in [-0.15, -0.1) is 0 Å². The molecule has 1 heterocycles. The number of nitrogens with zero attached hydrogens (tertiary/aromatic N) is 2. The van der Waals surface area contributed by atoms with Gasteiger partial charge < -0.3 is 15.0 Å². The third kappa shape index (κ3) is 2.14. The Morgan fingerprint density at radius 3 is 3.06 bits per heavy atom.